The third-order valence-electron chi connectivity index (χ3n) is 2.92. The summed E-state index contributed by atoms with van der Waals surface area (Å²) < 4.78 is 0. The minimum absolute atomic E-state index is 0.0310. The van der Waals surface area contributed by atoms with Gasteiger partial charge in [-0.1, -0.05) is 6.07 Å². The number of hydrogen-bond acceptors (Lipinski definition) is 5. The van der Waals surface area contributed by atoms with Gasteiger partial charge in [-0.15, -0.1) is 22.7 Å². The Morgan fingerprint density at radius 2 is 2.15 bits per heavy atom. The van der Waals surface area contributed by atoms with Crippen molar-refractivity contribution in [3.05, 3.63) is 38.5 Å². The van der Waals surface area contributed by atoms with Crippen LogP contribution in [-0.2, 0) is 6.54 Å². The maximum atomic E-state index is 12.6. The van der Waals surface area contributed by atoms with E-state index < -0.39 is 0 Å². The van der Waals surface area contributed by atoms with E-state index in [1.807, 2.05) is 43.2 Å². The molecule has 20 heavy (non-hydrogen) atoms. The molecule has 108 valence electrons. The molecule has 4 nitrogen and oxygen atoms in total. The minimum atomic E-state index is -0.133. The normalized spacial score (nSPS) is 12.7. The Hall–Kier alpha value is -1.24. The third-order valence-corrected chi connectivity index (χ3v) is 4.83. The number of amides is 1. The zero-order valence-corrected chi connectivity index (χ0v) is 13.5. The van der Waals surface area contributed by atoms with Crippen molar-refractivity contribution in [2.75, 3.05) is 0 Å². The highest BCUT2D eigenvalue weighted by Crippen LogP contribution is 2.20. The van der Waals surface area contributed by atoms with E-state index in [1.54, 1.807) is 16.7 Å². The number of nitrogens with zero attached hydrogens (tertiary/aromatic N) is 2. The predicted molar refractivity (Wildman–Crippen MR) is 84.0 cm³/mol. The first-order valence-corrected chi connectivity index (χ1v) is 8.29. The molecule has 0 saturated heterocycles. The molecule has 0 aromatic carbocycles. The summed E-state index contributed by atoms with van der Waals surface area (Å²) in [5.41, 5.74) is 6.29. The molecule has 0 aliphatic heterocycles. The van der Waals surface area contributed by atoms with Crippen LogP contribution in [-0.4, -0.2) is 21.8 Å². The Morgan fingerprint density at radius 1 is 1.40 bits per heavy atom. The molecular formula is C14H19N3OS2. The van der Waals surface area contributed by atoms with Crippen LogP contribution in [0.1, 0.15) is 47.2 Å². The SMILES string of the molecule is CC(N)c1nc(C(=O)N(Cc2cccs2)C(C)C)cs1. The number of thiazole rings is 1. The lowest BCUT2D eigenvalue weighted by atomic mass is 10.2. The van der Waals surface area contributed by atoms with Crippen molar-refractivity contribution in [2.45, 2.75) is 39.4 Å². The van der Waals surface area contributed by atoms with Crippen LogP contribution in [0, 0.1) is 0 Å². The smallest absolute Gasteiger partial charge is 0.273 e. The Labute approximate surface area is 127 Å². The van der Waals surface area contributed by atoms with Crippen LogP contribution in [0.2, 0.25) is 0 Å². The second-order valence-electron chi connectivity index (χ2n) is 4.97. The summed E-state index contributed by atoms with van der Waals surface area (Å²) in [6.45, 7) is 6.53. The van der Waals surface area contributed by atoms with Gasteiger partial charge in [0.05, 0.1) is 12.6 Å². The van der Waals surface area contributed by atoms with Gasteiger partial charge in [0.15, 0.2) is 0 Å². The summed E-state index contributed by atoms with van der Waals surface area (Å²) in [5.74, 6) is -0.0310. The lowest BCUT2D eigenvalue weighted by Crippen LogP contribution is -2.36. The Morgan fingerprint density at radius 3 is 2.65 bits per heavy atom. The molecule has 1 amide bonds. The first kappa shape index (κ1) is 15.2. The second-order valence-corrected chi connectivity index (χ2v) is 6.89. The maximum Gasteiger partial charge on any atom is 0.273 e. The molecule has 2 heterocycles. The summed E-state index contributed by atoms with van der Waals surface area (Å²) in [6, 6.07) is 4.04. The second kappa shape index (κ2) is 6.47. The molecule has 0 aliphatic carbocycles. The van der Waals surface area contributed by atoms with Crippen molar-refractivity contribution in [2.24, 2.45) is 5.73 Å². The lowest BCUT2D eigenvalue weighted by molar-refractivity contribution is 0.0687. The average Bonchev–Trinajstić information content (AvgIpc) is 3.06. The molecule has 6 heteroatoms. The van der Waals surface area contributed by atoms with Crippen LogP contribution in [0.4, 0.5) is 0 Å². The first-order chi connectivity index (χ1) is 9.49. The quantitative estimate of drug-likeness (QED) is 0.922. The molecule has 0 radical (unpaired) electrons. The van der Waals surface area contributed by atoms with Gasteiger partial charge in [0.2, 0.25) is 0 Å². The molecule has 0 aliphatic rings. The highest BCUT2D eigenvalue weighted by Gasteiger charge is 2.22. The first-order valence-electron chi connectivity index (χ1n) is 6.53. The highest BCUT2D eigenvalue weighted by atomic mass is 32.1. The van der Waals surface area contributed by atoms with Gasteiger partial charge in [-0.25, -0.2) is 4.98 Å². The van der Waals surface area contributed by atoms with E-state index in [-0.39, 0.29) is 18.0 Å². The van der Waals surface area contributed by atoms with E-state index in [1.165, 1.54) is 16.2 Å². The van der Waals surface area contributed by atoms with E-state index >= 15 is 0 Å². The number of nitrogens with two attached hydrogens (primary N) is 1. The van der Waals surface area contributed by atoms with Gasteiger partial charge < -0.3 is 10.6 Å². The fourth-order valence-electron chi connectivity index (χ4n) is 1.80. The molecular weight excluding hydrogens is 290 g/mol. The summed E-state index contributed by atoms with van der Waals surface area (Å²) in [6.07, 6.45) is 0. The van der Waals surface area contributed by atoms with Crippen molar-refractivity contribution in [1.29, 1.82) is 0 Å². The van der Waals surface area contributed by atoms with Gasteiger partial charge in [0.1, 0.15) is 10.7 Å². The van der Waals surface area contributed by atoms with Crippen molar-refractivity contribution in [3.8, 4) is 0 Å². The number of rotatable bonds is 5. The summed E-state index contributed by atoms with van der Waals surface area (Å²) in [7, 11) is 0. The van der Waals surface area contributed by atoms with Crippen LogP contribution in [0.15, 0.2) is 22.9 Å². The van der Waals surface area contributed by atoms with Crippen molar-refractivity contribution in [3.63, 3.8) is 0 Å². The average molecular weight is 309 g/mol. The number of thiophene rings is 1. The van der Waals surface area contributed by atoms with Crippen molar-refractivity contribution < 1.29 is 4.79 Å². The van der Waals surface area contributed by atoms with Gasteiger partial charge in [0.25, 0.3) is 5.91 Å². The van der Waals surface area contributed by atoms with E-state index in [2.05, 4.69) is 4.98 Å². The fraction of sp³-hybridized carbons (Fsp3) is 0.429. The zero-order valence-electron chi connectivity index (χ0n) is 11.9. The van der Waals surface area contributed by atoms with E-state index in [9.17, 15) is 4.79 Å². The molecule has 2 rings (SSSR count). The lowest BCUT2D eigenvalue weighted by Gasteiger charge is -2.25. The molecule has 1 atom stereocenters. The molecule has 2 aromatic heterocycles. The van der Waals surface area contributed by atoms with Crippen LogP contribution < -0.4 is 5.73 Å². The molecule has 0 saturated carbocycles. The predicted octanol–water partition coefficient (Wildman–Crippen LogP) is 3.28. The van der Waals surface area contributed by atoms with Gasteiger partial charge >= 0.3 is 0 Å². The third kappa shape index (κ3) is 3.45. The van der Waals surface area contributed by atoms with Crippen LogP contribution in [0.5, 0.6) is 0 Å². The molecule has 0 spiro atoms. The summed E-state index contributed by atoms with van der Waals surface area (Å²) >= 11 is 3.10. The van der Waals surface area contributed by atoms with Gasteiger partial charge in [-0.05, 0) is 32.2 Å². The molecule has 0 bridgehead atoms. The number of carbonyl (C=O) groups is 1. The number of hydrogen-bond donors (Lipinski definition) is 1. The number of carbonyl (C=O) groups excluding carboxylic acids is 1. The van der Waals surface area contributed by atoms with Crippen LogP contribution in [0.25, 0.3) is 0 Å². The Bertz CT molecular complexity index is 561. The molecule has 1 unspecified atom stereocenters. The van der Waals surface area contributed by atoms with E-state index in [4.69, 9.17) is 5.73 Å². The molecule has 0 fully saturated rings. The Balaban J connectivity index is 2.17. The van der Waals surface area contributed by atoms with E-state index in [0.29, 0.717) is 12.2 Å². The molecule has 2 N–H and O–H groups in total. The standard InChI is InChI=1S/C14H19N3OS2/c1-9(2)17(7-11-5-4-6-19-11)14(18)12-8-20-13(16-12)10(3)15/h4-6,8-10H,7,15H2,1-3H3. The fourth-order valence-corrected chi connectivity index (χ4v) is 3.26. The largest absolute Gasteiger partial charge is 0.330 e. The minimum Gasteiger partial charge on any atom is -0.330 e. The number of aromatic nitrogens is 1. The zero-order chi connectivity index (χ0) is 14.7. The van der Waals surface area contributed by atoms with Gasteiger partial charge in [-0.2, -0.15) is 0 Å². The van der Waals surface area contributed by atoms with Crippen LogP contribution in [0.3, 0.4) is 0 Å². The maximum absolute atomic E-state index is 12.6. The van der Waals surface area contributed by atoms with Crippen molar-refractivity contribution in [1.82, 2.24) is 9.88 Å². The summed E-state index contributed by atoms with van der Waals surface area (Å²) in [4.78, 5) is 19.9. The van der Waals surface area contributed by atoms with E-state index in [0.717, 1.165) is 5.01 Å². The topological polar surface area (TPSA) is 59.2 Å². The highest BCUT2D eigenvalue weighted by molar-refractivity contribution is 7.10. The van der Waals surface area contributed by atoms with Crippen LogP contribution >= 0.6 is 22.7 Å². The monoisotopic (exact) mass is 309 g/mol. The summed E-state index contributed by atoms with van der Waals surface area (Å²) in [5, 5.41) is 4.62. The van der Waals surface area contributed by atoms with Gasteiger partial charge in [0, 0.05) is 16.3 Å². The van der Waals surface area contributed by atoms with Gasteiger partial charge in [-0.3, -0.25) is 4.79 Å². The Kier molecular flexibility index (Phi) is 4.91. The van der Waals surface area contributed by atoms with Crippen molar-refractivity contribution >= 4 is 28.6 Å². The molecule has 2 aromatic rings.